The van der Waals surface area contributed by atoms with E-state index in [9.17, 15) is 14.0 Å². The number of carbonyl (C=O) groups excluding carboxylic acids is 2. The summed E-state index contributed by atoms with van der Waals surface area (Å²) in [7, 11) is 0. The molecule has 39 heavy (non-hydrogen) atoms. The van der Waals surface area contributed by atoms with Crippen molar-refractivity contribution in [3.05, 3.63) is 84.8 Å². The largest absolute Gasteiger partial charge is 0.487 e. The molecular weight excluding hydrogens is 625 g/mol. The van der Waals surface area contributed by atoms with E-state index in [0.29, 0.717) is 18.6 Å². The third-order valence-electron chi connectivity index (χ3n) is 7.99. The summed E-state index contributed by atoms with van der Waals surface area (Å²) in [5.74, 6) is 0.159. The Morgan fingerprint density at radius 3 is 1.82 bits per heavy atom. The van der Waals surface area contributed by atoms with Crippen LogP contribution >= 0.6 is 31.9 Å². The summed E-state index contributed by atoms with van der Waals surface area (Å²) in [4.78, 5) is 29.9. The molecule has 0 saturated heterocycles. The molecule has 0 bridgehead atoms. The predicted molar refractivity (Wildman–Crippen MR) is 158 cm³/mol. The molecule has 0 atom stereocenters. The average molecular weight is 659 g/mol. The number of ether oxygens (including phenoxy) is 1. The van der Waals surface area contributed by atoms with E-state index < -0.39 is 5.92 Å². The third-order valence-corrected chi connectivity index (χ3v) is 9.17. The van der Waals surface area contributed by atoms with Gasteiger partial charge in [0.2, 0.25) is 0 Å². The summed E-state index contributed by atoms with van der Waals surface area (Å²) in [5.41, 5.74) is 5.12. The molecule has 7 heteroatoms. The van der Waals surface area contributed by atoms with Crippen LogP contribution < -0.4 is 4.74 Å². The van der Waals surface area contributed by atoms with Gasteiger partial charge in [0.05, 0.1) is 8.95 Å². The van der Waals surface area contributed by atoms with E-state index in [4.69, 9.17) is 4.74 Å². The van der Waals surface area contributed by atoms with Gasteiger partial charge in [-0.15, -0.1) is 0 Å². The van der Waals surface area contributed by atoms with Gasteiger partial charge in [-0.25, -0.2) is 4.39 Å². The molecule has 0 N–H and O–H groups in total. The molecule has 1 aliphatic heterocycles. The van der Waals surface area contributed by atoms with E-state index in [1.54, 1.807) is 12.1 Å². The van der Waals surface area contributed by atoms with Crippen LogP contribution in [0, 0.1) is 16.6 Å². The molecule has 3 aliphatic rings. The zero-order chi connectivity index (χ0) is 28.3. The molecule has 0 radical (unpaired) electrons. The highest BCUT2D eigenvalue weighted by Gasteiger charge is 2.48. The molecule has 1 heterocycles. The highest BCUT2D eigenvalue weighted by Crippen LogP contribution is 2.55. The summed E-state index contributed by atoms with van der Waals surface area (Å²) in [6.45, 7) is 11.7. The van der Waals surface area contributed by atoms with E-state index in [1.807, 2.05) is 12.1 Å². The van der Waals surface area contributed by atoms with Gasteiger partial charge >= 0.3 is 0 Å². The zero-order valence-corrected chi connectivity index (χ0v) is 26.3. The fourth-order valence-electron chi connectivity index (χ4n) is 6.38. The Kier molecular flexibility index (Phi) is 7.47. The minimum Gasteiger partial charge on any atom is -0.487 e. The van der Waals surface area contributed by atoms with Crippen molar-refractivity contribution < 1.29 is 18.7 Å². The number of hydrogen-bond donors (Lipinski definition) is 0. The lowest BCUT2D eigenvalue weighted by molar-refractivity contribution is -0.119. The Hall–Kier alpha value is -2.25. The SMILES string of the molecule is CCN1C2=C(C(=O)CC(C)(C)C2)C(c2cc(Br)c(OCc3ccc(F)cc3)c(Br)c2)C2=C1CC(C)(C)CC2=O. The number of benzene rings is 2. The molecule has 0 unspecified atom stereocenters. The highest BCUT2D eigenvalue weighted by atomic mass is 79.9. The van der Waals surface area contributed by atoms with E-state index in [-0.39, 0.29) is 34.8 Å². The summed E-state index contributed by atoms with van der Waals surface area (Å²) in [5, 5.41) is 0. The van der Waals surface area contributed by atoms with Crippen LogP contribution in [0.25, 0.3) is 0 Å². The highest BCUT2D eigenvalue weighted by molar-refractivity contribution is 9.11. The Morgan fingerprint density at radius 2 is 1.36 bits per heavy atom. The Labute approximate surface area is 246 Å². The van der Waals surface area contributed by atoms with Crippen LogP contribution in [0.1, 0.15) is 77.3 Å². The van der Waals surface area contributed by atoms with E-state index in [1.165, 1.54) is 12.1 Å². The van der Waals surface area contributed by atoms with Gasteiger partial charge in [0.1, 0.15) is 18.2 Å². The molecule has 0 aromatic heterocycles. The van der Waals surface area contributed by atoms with Crippen LogP contribution in [-0.4, -0.2) is 23.0 Å². The van der Waals surface area contributed by atoms with Crippen molar-refractivity contribution in [1.29, 1.82) is 0 Å². The fraction of sp³-hybridized carbons (Fsp3) is 0.438. The second-order valence-electron chi connectivity index (χ2n) is 12.5. The fourth-order valence-corrected chi connectivity index (χ4v) is 7.83. The van der Waals surface area contributed by atoms with Crippen LogP contribution in [0.2, 0.25) is 0 Å². The van der Waals surface area contributed by atoms with Crippen molar-refractivity contribution in [3.8, 4) is 5.75 Å². The van der Waals surface area contributed by atoms with E-state index >= 15 is 0 Å². The molecule has 5 rings (SSSR count). The van der Waals surface area contributed by atoms with Crippen molar-refractivity contribution in [2.75, 3.05) is 6.54 Å². The first-order valence-electron chi connectivity index (χ1n) is 13.5. The molecule has 0 saturated carbocycles. The van der Waals surface area contributed by atoms with Crippen LogP contribution in [0.5, 0.6) is 5.75 Å². The number of nitrogens with zero attached hydrogens (tertiary/aromatic N) is 1. The Balaban J connectivity index is 1.61. The molecule has 0 amide bonds. The van der Waals surface area contributed by atoms with Crippen molar-refractivity contribution in [1.82, 2.24) is 4.90 Å². The Morgan fingerprint density at radius 1 is 0.872 bits per heavy atom. The molecule has 2 aliphatic carbocycles. The van der Waals surface area contributed by atoms with E-state index in [0.717, 1.165) is 62.0 Å². The van der Waals surface area contributed by atoms with Crippen LogP contribution in [0.15, 0.2) is 67.9 Å². The van der Waals surface area contributed by atoms with Gasteiger partial charge in [0, 0.05) is 47.8 Å². The summed E-state index contributed by atoms with van der Waals surface area (Å²) in [6, 6.07) is 10.2. The first kappa shape index (κ1) is 28.3. The lowest BCUT2D eigenvalue weighted by atomic mass is 9.63. The normalized spacial score (nSPS) is 20.8. The second-order valence-corrected chi connectivity index (χ2v) is 14.2. The van der Waals surface area contributed by atoms with Gasteiger partial charge in [-0.1, -0.05) is 39.8 Å². The molecular formula is C32H34Br2FNO3. The monoisotopic (exact) mass is 657 g/mol. The quantitative estimate of drug-likeness (QED) is 0.323. The first-order valence-corrected chi connectivity index (χ1v) is 15.0. The standard InChI is InChI=1S/C32H34Br2FNO3/c1-6-36-23-13-31(2,3)15-25(37)28(23)27(29-24(36)14-32(4,5)16-26(29)38)19-11-21(33)30(22(34)12-19)39-17-18-7-9-20(35)10-8-18/h7-12,27H,6,13-17H2,1-5H3. The third kappa shape index (κ3) is 5.41. The van der Waals surface area contributed by atoms with Crippen molar-refractivity contribution in [2.45, 2.75) is 72.8 Å². The minimum atomic E-state index is -0.413. The zero-order valence-electron chi connectivity index (χ0n) is 23.1. The second kappa shape index (κ2) is 10.3. The first-order chi connectivity index (χ1) is 18.3. The molecule has 4 nitrogen and oxygen atoms in total. The van der Waals surface area contributed by atoms with E-state index in [2.05, 4.69) is 71.4 Å². The van der Waals surface area contributed by atoms with Crippen LogP contribution in [0.3, 0.4) is 0 Å². The summed E-state index contributed by atoms with van der Waals surface area (Å²) in [6.07, 6.45) is 2.52. The number of Topliss-reactive ketones (excluding diaryl/α,β-unsaturated/α-hetero) is 2. The Bertz CT molecular complexity index is 1340. The lowest BCUT2D eigenvalue weighted by Gasteiger charge is -2.49. The van der Waals surface area contributed by atoms with Crippen LogP contribution in [-0.2, 0) is 16.2 Å². The summed E-state index contributed by atoms with van der Waals surface area (Å²) >= 11 is 7.38. The number of hydrogen-bond acceptors (Lipinski definition) is 4. The molecule has 0 fully saturated rings. The number of allylic oxidation sites excluding steroid dienone is 4. The number of carbonyl (C=O) groups is 2. The van der Waals surface area contributed by atoms with Gasteiger partial charge in [-0.05, 0) is 97.8 Å². The van der Waals surface area contributed by atoms with Crippen molar-refractivity contribution >= 4 is 43.4 Å². The summed E-state index contributed by atoms with van der Waals surface area (Å²) < 4.78 is 20.9. The van der Waals surface area contributed by atoms with Gasteiger partial charge in [0.25, 0.3) is 0 Å². The van der Waals surface area contributed by atoms with Gasteiger partial charge < -0.3 is 9.64 Å². The van der Waals surface area contributed by atoms with Crippen molar-refractivity contribution in [2.24, 2.45) is 10.8 Å². The molecule has 0 spiro atoms. The maximum atomic E-state index is 13.8. The number of halogens is 3. The van der Waals surface area contributed by atoms with Crippen molar-refractivity contribution in [3.63, 3.8) is 0 Å². The lowest BCUT2D eigenvalue weighted by Crippen LogP contribution is -2.44. The van der Waals surface area contributed by atoms with Crippen LogP contribution in [0.4, 0.5) is 4.39 Å². The number of rotatable bonds is 5. The van der Waals surface area contributed by atoms with Gasteiger partial charge in [-0.3, -0.25) is 9.59 Å². The van der Waals surface area contributed by atoms with Gasteiger partial charge in [-0.2, -0.15) is 0 Å². The maximum Gasteiger partial charge on any atom is 0.162 e. The predicted octanol–water partition coefficient (Wildman–Crippen LogP) is 8.64. The maximum absolute atomic E-state index is 13.8. The molecule has 2 aromatic rings. The topological polar surface area (TPSA) is 46.6 Å². The molecule has 206 valence electrons. The average Bonchev–Trinajstić information content (AvgIpc) is 2.82. The molecule has 2 aromatic carbocycles. The van der Waals surface area contributed by atoms with Gasteiger partial charge in [0.15, 0.2) is 11.6 Å². The minimum absolute atomic E-state index is 0.123. The number of ketones is 2. The smallest absolute Gasteiger partial charge is 0.162 e.